The summed E-state index contributed by atoms with van der Waals surface area (Å²) in [5.74, 6) is 0.642. The highest BCUT2D eigenvalue weighted by molar-refractivity contribution is 5.80. The Morgan fingerprint density at radius 3 is 2.63 bits per heavy atom. The average molecular weight is 404 g/mol. The molecule has 1 saturated carbocycles. The maximum Gasteiger partial charge on any atom is 0.272 e. The maximum absolute atomic E-state index is 13.1. The molecule has 2 aromatic heterocycles. The molecule has 0 atom stereocenters. The van der Waals surface area contributed by atoms with E-state index in [0.717, 1.165) is 47.8 Å². The summed E-state index contributed by atoms with van der Waals surface area (Å²) >= 11 is 0. The second-order valence-electron chi connectivity index (χ2n) is 7.83. The fraction of sp³-hybridized carbons (Fsp3) is 0.304. The van der Waals surface area contributed by atoms with E-state index in [9.17, 15) is 9.18 Å². The topological polar surface area (TPSA) is 73.8 Å². The first-order chi connectivity index (χ1) is 14.6. The fourth-order valence-corrected chi connectivity index (χ4v) is 4.21. The van der Waals surface area contributed by atoms with Gasteiger partial charge in [0.05, 0.1) is 17.5 Å². The van der Waals surface area contributed by atoms with Crippen molar-refractivity contribution >= 4 is 11.0 Å². The Kier molecular flexibility index (Phi) is 4.65. The monoisotopic (exact) mass is 404 g/mol. The first-order valence-corrected chi connectivity index (χ1v) is 10.2. The van der Waals surface area contributed by atoms with Crippen LogP contribution in [-0.2, 0) is 6.42 Å². The van der Waals surface area contributed by atoms with Gasteiger partial charge >= 0.3 is 0 Å². The van der Waals surface area contributed by atoms with Crippen molar-refractivity contribution < 1.29 is 8.91 Å². The molecule has 0 N–H and O–H groups in total. The molecule has 6 nitrogen and oxygen atoms in total. The predicted octanol–water partition coefficient (Wildman–Crippen LogP) is 4.60. The van der Waals surface area contributed by atoms with Gasteiger partial charge in [0, 0.05) is 11.6 Å². The minimum Gasteiger partial charge on any atom is -0.339 e. The molecular weight excluding hydrogens is 383 g/mol. The zero-order valence-electron chi connectivity index (χ0n) is 16.6. The van der Waals surface area contributed by atoms with Crippen molar-refractivity contribution in [1.29, 1.82) is 0 Å². The molecule has 1 aliphatic carbocycles. The number of fused-ring (bicyclic) bond motifs is 1. The van der Waals surface area contributed by atoms with Crippen LogP contribution in [0.5, 0.6) is 0 Å². The molecule has 1 aliphatic rings. The zero-order valence-corrected chi connectivity index (χ0v) is 16.6. The number of nitrogens with zero attached hydrogens (tertiary/aromatic N) is 4. The molecule has 0 amide bonds. The number of halogens is 1. The van der Waals surface area contributed by atoms with E-state index in [4.69, 9.17) is 4.52 Å². The molecule has 1 fully saturated rings. The zero-order chi connectivity index (χ0) is 20.7. The Bertz CT molecular complexity index is 1270. The molecule has 0 spiro atoms. The molecule has 0 saturated heterocycles. The van der Waals surface area contributed by atoms with E-state index in [2.05, 4.69) is 15.1 Å². The van der Waals surface area contributed by atoms with Crippen LogP contribution in [0.1, 0.15) is 48.9 Å². The molecule has 30 heavy (non-hydrogen) atoms. The molecule has 0 bridgehead atoms. The van der Waals surface area contributed by atoms with Gasteiger partial charge in [0.1, 0.15) is 11.5 Å². The number of rotatable bonds is 4. The van der Waals surface area contributed by atoms with Gasteiger partial charge in [0.2, 0.25) is 11.7 Å². The highest BCUT2D eigenvalue weighted by Gasteiger charge is 2.22. The number of hydrogen-bond donors (Lipinski definition) is 0. The van der Waals surface area contributed by atoms with Gasteiger partial charge in [-0.25, -0.2) is 9.37 Å². The van der Waals surface area contributed by atoms with Crippen LogP contribution in [0.25, 0.3) is 22.4 Å². The molecule has 0 aliphatic heterocycles. The second kappa shape index (κ2) is 7.48. The molecule has 5 rings (SSSR count). The van der Waals surface area contributed by atoms with Crippen LogP contribution in [0.4, 0.5) is 4.39 Å². The van der Waals surface area contributed by atoms with Gasteiger partial charge < -0.3 is 9.09 Å². The summed E-state index contributed by atoms with van der Waals surface area (Å²) in [6, 6.07) is 12.2. The van der Waals surface area contributed by atoms with Crippen LogP contribution >= 0.6 is 0 Å². The molecular formula is C23H21FN4O2. The quantitative estimate of drug-likeness (QED) is 0.497. The Hall–Kier alpha value is -3.35. The van der Waals surface area contributed by atoms with Gasteiger partial charge in [0.25, 0.3) is 5.56 Å². The molecule has 7 heteroatoms. The lowest BCUT2D eigenvalue weighted by atomic mass is 10.1. The third-order valence-electron chi connectivity index (χ3n) is 5.74. The fourth-order valence-electron chi connectivity index (χ4n) is 4.21. The Labute approximate surface area is 172 Å². The summed E-state index contributed by atoms with van der Waals surface area (Å²) in [5.41, 5.74) is 3.75. The van der Waals surface area contributed by atoms with Gasteiger partial charge in [-0.3, -0.25) is 4.79 Å². The van der Waals surface area contributed by atoms with Crippen molar-refractivity contribution in [2.75, 3.05) is 0 Å². The largest absolute Gasteiger partial charge is 0.339 e. The van der Waals surface area contributed by atoms with E-state index in [1.807, 2.05) is 22.8 Å². The van der Waals surface area contributed by atoms with Gasteiger partial charge in [-0.05, 0) is 55.7 Å². The van der Waals surface area contributed by atoms with Gasteiger partial charge in [-0.2, -0.15) is 4.98 Å². The van der Waals surface area contributed by atoms with Gasteiger partial charge in [0.15, 0.2) is 0 Å². The van der Waals surface area contributed by atoms with E-state index < -0.39 is 0 Å². The van der Waals surface area contributed by atoms with E-state index in [1.54, 1.807) is 19.1 Å². The number of benzene rings is 2. The molecule has 2 heterocycles. The van der Waals surface area contributed by atoms with E-state index in [-0.39, 0.29) is 17.4 Å². The lowest BCUT2D eigenvalue weighted by Crippen LogP contribution is -2.26. The summed E-state index contributed by atoms with van der Waals surface area (Å²) in [6.45, 7) is 1.76. The first-order valence-electron chi connectivity index (χ1n) is 10.2. The highest BCUT2D eigenvalue weighted by Crippen LogP contribution is 2.31. The van der Waals surface area contributed by atoms with Crippen LogP contribution in [0.15, 0.2) is 51.8 Å². The Morgan fingerprint density at radius 1 is 1.10 bits per heavy atom. The minimum atomic E-state index is -0.278. The van der Waals surface area contributed by atoms with Crippen LogP contribution in [0, 0.1) is 12.7 Å². The van der Waals surface area contributed by atoms with E-state index in [1.165, 1.54) is 12.1 Å². The van der Waals surface area contributed by atoms with Gasteiger partial charge in [-0.1, -0.05) is 30.1 Å². The van der Waals surface area contributed by atoms with Crippen molar-refractivity contribution in [3.8, 4) is 11.4 Å². The summed E-state index contributed by atoms with van der Waals surface area (Å²) in [5, 5.41) is 4.09. The second-order valence-corrected chi connectivity index (χ2v) is 7.83. The third-order valence-corrected chi connectivity index (χ3v) is 5.74. The van der Waals surface area contributed by atoms with Crippen LogP contribution in [0.2, 0.25) is 0 Å². The van der Waals surface area contributed by atoms with Crippen molar-refractivity contribution in [1.82, 2.24) is 19.7 Å². The first kappa shape index (κ1) is 18.7. The van der Waals surface area contributed by atoms with Crippen molar-refractivity contribution in [3.63, 3.8) is 0 Å². The maximum atomic E-state index is 13.1. The highest BCUT2D eigenvalue weighted by atomic mass is 19.1. The van der Waals surface area contributed by atoms with Crippen molar-refractivity contribution in [3.05, 3.63) is 75.8 Å². The SMILES string of the molecule is Cc1nc2cc(-c3noc(Cc4ccc(F)cc4)n3)ccc2n(C2CCCC2)c1=O. The van der Waals surface area contributed by atoms with Crippen LogP contribution in [0.3, 0.4) is 0 Å². The molecule has 2 aromatic carbocycles. The summed E-state index contributed by atoms with van der Waals surface area (Å²) in [4.78, 5) is 21.8. The molecule has 0 unspecified atom stereocenters. The smallest absolute Gasteiger partial charge is 0.272 e. The molecule has 0 radical (unpaired) electrons. The number of hydrogen-bond acceptors (Lipinski definition) is 5. The normalized spacial score (nSPS) is 14.6. The van der Waals surface area contributed by atoms with Crippen molar-refractivity contribution in [2.24, 2.45) is 0 Å². The number of aryl methyl sites for hydroxylation is 1. The Morgan fingerprint density at radius 2 is 1.87 bits per heavy atom. The van der Waals surface area contributed by atoms with E-state index in [0.29, 0.717) is 23.8 Å². The third kappa shape index (κ3) is 3.40. The predicted molar refractivity (Wildman–Crippen MR) is 111 cm³/mol. The Balaban J connectivity index is 1.50. The lowest BCUT2D eigenvalue weighted by molar-refractivity contribution is 0.385. The van der Waals surface area contributed by atoms with Crippen LogP contribution in [-0.4, -0.2) is 19.7 Å². The molecule has 152 valence electrons. The standard InChI is InChI=1S/C23H21FN4O2/c1-14-23(29)28(18-4-2-3-5-18)20-11-8-16(13-19(20)25-14)22-26-21(30-27-22)12-15-6-9-17(24)10-7-15/h6-11,13,18H,2-5,12H2,1H3. The van der Waals surface area contributed by atoms with Crippen molar-refractivity contribution in [2.45, 2.75) is 45.1 Å². The summed E-state index contributed by atoms with van der Waals surface area (Å²) in [6.07, 6.45) is 4.78. The summed E-state index contributed by atoms with van der Waals surface area (Å²) in [7, 11) is 0. The molecule has 4 aromatic rings. The van der Waals surface area contributed by atoms with Crippen LogP contribution < -0.4 is 5.56 Å². The van der Waals surface area contributed by atoms with Gasteiger partial charge in [-0.15, -0.1) is 0 Å². The summed E-state index contributed by atoms with van der Waals surface area (Å²) < 4.78 is 20.4. The minimum absolute atomic E-state index is 0.0108. The number of aromatic nitrogens is 4. The lowest BCUT2D eigenvalue weighted by Gasteiger charge is -2.17. The van der Waals surface area contributed by atoms with E-state index >= 15 is 0 Å². The average Bonchev–Trinajstić information content (AvgIpc) is 3.43.